The maximum Gasteiger partial charge on any atom is 0.218 e. The fraction of sp³-hybridized carbons (Fsp3) is 0.714. The van der Waals surface area contributed by atoms with E-state index in [2.05, 4.69) is 20.2 Å². The van der Waals surface area contributed by atoms with Gasteiger partial charge in [0, 0.05) is 32.8 Å². The van der Waals surface area contributed by atoms with Crippen molar-refractivity contribution < 1.29 is 9.47 Å². The summed E-state index contributed by atoms with van der Waals surface area (Å²) in [5.74, 6) is 2.33. The first-order valence-electron chi connectivity index (χ1n) is 7.14. The Morgan fingerprint density at radius 3 is 2.80 bits per heavy atom. The van der Waals surface area contributed by atoms with Crippen LogP contribution in [0.15, 0.2) is 12.4 Å². The van der Waals surface area contributed by atoms with Gasteiger partial charge in [0.15, 0.2) is 0 Å². The molecule has 6 heteroatoms. The SMILES string of the molecule is COCCNCC1CCN(c2cc(OC)ncn2)CC1. The molecule has 0 radical (unpaired) electrons. The van der Waals surface area contributed by atoms with Gasteiger partial charge in [0.05, 0.1) is 13.7 Å². The molecule has 20 heavy (non-hydrogen) atoms. The minimum Gasteiger partial charge on any atom is -0.481 e. The van der Waals surface area contributed by atoms with Gasteiger partial charge in [-0.1, -0.05) is 0 Å². The maximum atomic E-state index is 5.14. The lowest BCUT2D eigenvalue weighted by molar-refractivity contribution is 0.196. The third kappa shape index (κ3) is 4.31. The molecule has 0 aliphatic carbocycles. The van der Waals surface area contributed by atoms with Crippen molar-refractivity contribution in [2.45, 2.75) is 12.8 Å². The summed E-state index contributed by atoms with van der Waals surface area (Å²) in [6.45, 7) is 4.86. The first kappa shape index (κ1) is 15.0. The number of piperidine rings is 1. The minimum absolute atomic E-state index is 0.623. The van der Waals surface area contributed by atoms with Gasteiger partial charge in [0.1, 0.15) is 12.1 Å². The normalized spacial score (nSPS) is 16.4. The number of nitrogens with one attached hydrogen (secondary N) is 1. The largest absolute Gasteiger partial charge is 0.481 e. The number of anilines is 1. The van der Waals surface area contributed by atoms with E-state index in [1.807, 2.05) is 6.07 Å². The number of ether oxygens (including phenoxy) is 2. The van der Waals surface area contributed by atoms with Crippen LogP contribution in [0.25, 0.3) is 0 Å². The molecule has 1 aliphatic rings. The van der Waals surface area contributed by atoms with E-state index in [1.54, 1.807) is 20.5 Å². The zero-order valence-corrected chi connectivity index (χ0v) is 12.3. The van der Waals surface area contributed by atoms with E-state index in [-0.39, 0.29) is 0 Å². The molecule has 2 heterocycles. The van der Waals surface area contributed by atoms with Crippen LogP contribution in [0, 0.1) is 5.92 Å². The van der Waals surface area contributed by atoms with Crippen molar-refractivity contribution >= 4 is 5.82 Å². The van der Waals surface area contributed by atoms with Gasteiger partial charge >= 0.3 is 0 Å². The van der Waals surface area contributed by atoms with Crippen molar-refractivity contribution in [2.24, 2.45) is 5.92 Å². The van der Waals surface area contributed by atoms with Crippen LogP contribution in [0.2, 0.25) is 0 Å². The van der Waals surface area contributed by atoms with Crippen molar-refractivity contribution in [3.05, 3.63) is 12.4 Å². The van der Waals surface area contributed by atoms with Gasteiger partial charge in [0.25, 0.3) is 0 Å². The lowest BCUT2D eigenvalue weighted by Gasteiger charge is -2.32. The molecule has 1 aliphatic heterocycles. The van der Waals surface area contributed by atoms with E-state index < -0.39 is 0 Å². The molecule has 1 saturated heterocycles. The molecule has 112 valence electrons. The molecule has 0 bridgehead atoms. The predicted molar refractivity (Wildman–Crippen MR) is 78.3 cm³/mol. The van der Waals surface area contributed by atoms with Gasteiger partial charge in [-0.05, 0) is 25.3 Å². The van der Waals surface area contributed by atoms with Crippen LogP contribution < -0.4 is 15.0 Å². The first-order valence-corrected chi connectivity index (χ1v) is 7.14. The van der Waals surface area contributed by atoms with Crippen molar-refractivity contribution in [3.8, 4) is 5.88 Å². The van der Waals surface area contributed by atoms with Crippen LogP contribution in [0.4, 0.5) is 5.82 Å². The Balaban J connectivity index is 1.76. The van der Waals surface area contributed by atoms with Crippen LogP contribution in [0.5, 0.6) is 5.88 Å². The van der Waals surface area contributed by atoms with Gasteiger partial charge in [0.2, 0.25) is 5.88 Å². The molecule has 0 unspecified atom stereocenters. The van der Waals surface area contributed by atoms with Gasteiger partial charge in [-0.3, -0.25) is 0 Å². The second kappa shape index (κ2) is 8.01. The Labute approximate surface area is 120 Å². The topological polar surface area (TPSA) is 59.5 Å². The molecule has 0 amide bonds. The molecule has 0 aromatic carbocycles. The highest BCUT2D eigenvalue weighted by Gasteiger charge is 2.20. The molecule has 1 N–H and O–H groups in total. The highest BCUT2D eigenvalue weighted by Crippen LogP contribution is 2.22. The van der Waals surface area contributed by atoms with Crippen LogP contribution in [0.1, 0.15) is 12.8 Å². The molecular formula is C14H24N4O2. The molecule has 0 spiro atoms. The van der Waals surface area contributed by atoms with Gasteiger partial charge in [-0.15, -0.1) is 0 Å². The molecule has 1 aromatic heterocycles. The van der Waals surface area contributed by atoms with E-state index in [0.29, 0.717) is 5.88 Å². The summed E-state index contributed by atoms with van der Waals surface area (Å²) in [6, 6.07) is 1.90. The first-order chi connectivity index (χ1) is 9.83. The number of hydrogen-bond acceptors (Lipinski definition) is 6. The average molecular weight is 280 g/mol. The Bertz CT molecular complexity index is 395. The summed E-state index contributed by atoms with van der Waals surface area (Å²) < 4.78 is 10.2. The van der Waals surface area contributed by atoms with Crippen LogP contribution in [-0.4, -0.2) is 57.0 Å². The van der Waals surface area contributed by atoms with E-state index in [1.165, 1.54) is 12.8 Å². The highest BCUT2D eigenvalue weighted by molar-refractivity contribution is 5.41. The van der Waals surface area contributed by atoms with E-state index >= 15 is 0 Å². The van der Waals surface area contributed by atoms with E-state index in [0.717, 1.165) is 44.5 Å². The third-order valence-electron chi connectivity index (χ3n) is 3.69. The Morgan fingerprint density at radius 1 is 1.30 bits per heavy atom. The maximum absolute atomic E-state index is 5.14. The molecule has 0 atom stereocenters. The quantitative estimate of drug-likeness (QED) is 0.750. The summed E-state index contributed by atoms with van der Waals surface area (Å²) >= 11 is 0. The molecule has 2 rings (SSSR count). The molecular weight excluding hydrogens is 256 g/mol. The zero-order chi connectivity index (χ0) is 14.2. The Kier molecular flexibility index (Phi) is 6.01. The van der Waals surface area contributed by atoms with Crippen LogP contribution in [-0.2, 0) is 4.74 Å². The summed E-state index contributed by atoms with van der Waals surface area (Å²) in [7, 11) is 3.36. The summed E-state index contributed by atoms with van der Waals surface area (Å²) in [4.78, 5) is 10.7. The van der Waals surface area contributed by atoms with Crippen molar-refractivity contribution in [1.29, 1.82) is 0 Å². The van der Waals surface area contributed by atoms with E-state index in [9.17, 15) is 0 Å². The fourth-order valence-corrected chi connectivity index (χ4v) is 2.46. The van der Waals surface area contributed by atoms with E-state index in [4.69, 9.17) is 9.47 Å². The second-order valence-corrected chi connectivity index (χ2v) is 5.05. The Hall–Kier alpha value is -1.40. The van der Waals surface area contributed by atoms with Crippen LogP contribution >= 0.6 is 0 Å². The lowest BCUT2D eigenvalue weighted by atomic mass is 9.97. The third-order valence-corrected chi connectivity index (χ3v) is 3.69. The number of hydrogen-bond donors (Lipinski definition) is 1. The number of nitrogens with zero attached hydrogens (tertiary/aromatic N) is 3. The summed E-state index contributed by atoms with van der Waals surface area (Å²) in [6.07, 6.45) is 3.94. The summed E-state index contributed by atoms with van der Waals surface area (Å²) in [5.41, 5.74) is 0. The summed E-state index contributed by atoms with van der Waals surface area (Å²) in [5, 5.41) is 3.44. The highest BCUT2D eigenvalue weighted by atomic mass is 16.5. The van der Waals surface area contributed by atoms with Crippen molar-refractivity contribution in [3.63, 3.8) is 0 Å². The van der Waals surface area contributed by atoms with Crippen molar-refractivity contribution in [2.75, 3.05) is 51.9 Å². The zero-order valence-electron chi connectivity index (χ0n) is 12.3. The van der Waals surface area contributed by atoms with Gasteiger partial charge in [-0.2, -0.15) is 0 Å². The average Bonchev–Trinajstić information content (AvgIpc) is 2.52. The second-order valence-electron chi connectivity index (χ2n) is 5.05. The fourth-order valence-electron chi connectivity index (χ4n) is 2.46. The number of rotatable bonds is 7. The molecule has 1 fully saturated rings. The predicted octanol–water partition coefficient (Wildman–Crippen LogP) is 0.938. The number of aromatic nitrogens is 2. The van der Waals surface area contributed by atoms with Crippen LogP contribution in [0.3, 0.4) is 0 Å². The molecule has 6 nitrogen and oxygen atoms in total. The van der Waals surface area contributed by atoms with Crippen molar-refractivity contribution in [1.82, 2.24) is 15.3 Å². The Morgan fingerprint density at radius 2 is 2.10 bits per heavy atom. The smallest absolute Gasteiger partial charge is 0.218 e. The van der Waals surface area contributed by atoms with Gasteiger partial charge < -0.3 is 19.7 Å². The lowest BCUT2D eigenvalue weighted by Crippen LogP contribution is -2.38. The number of methoxy groups -OCH3 is 2. The minimum atomic E-state index is 0.623. The molecule has 1 aromatic rings. The molecule has 0 saturated carbocycles. The standard InChI is InChI=1S/C14H24N4O2/c1-19-8-5-15-10-12-3-6-18(7-4-12)13-9-14(20-2)17-11-16-13/h9,11-12,15H,3-8,10H2,1-2H3. The monoisotopic (exact) mass is 280 g/mol. The van der Waals surface area contributed by atoms with Gasteiger partial charge in [-0.25, -0.2) is 9.97 Å².